The topological polar surface area (TPSA) is 40.6 Å². The van der Waals surface area contributed by atoms with Crippen molar-refractivity contribution in [3.8, 4) is 0 Å². The van der Waals surface area contributed by atoms with Gasteiger partial charge in [0.1, 0.15) is 6.04 Å². The highest BCUT2D eigenvalue weighted by molar-refractivity contribution is 7.16. The highest BCUT2D eigenvalue weighted by Crippen LogP contribution is 2.33. The molecule has 2 amide bonds. The van der Waals surface area contributed by atoms with Gasteiger partial charge in [0.15, 0.2) is 0 Å². The van der Waals surface area contributed by atoms with Gasteiger partial charge in [-0.1, -0.05) is 11.6 Å². The van der Waals surface area contributed by atoms with Crippen LogP contribution >= 0.6 is 22.9 Å². The molecule has 2 aliphatic heterocycles. The molecule has 0 aliphatic carbocycles. The van der Waals surface area contributed by atoms with E-state index in [0.29, 0.717) is 13.0 Å². The van der Waals surface area contributed by atoms with E-state index in [0.717, 1.165) is 35.0 Å². The fourth-order valence-corrected chi connectivity index (χ4v) is 4.36. The number of piperidine rings is 1. The van der Waals surface area contributed by atoms with Crippen LogP contribution in [0.25, 0.3) is 0 Å². The zero-order chi connectivity index (χ0) is 15.0. The second-order valence-corrected chi connectivity index (χ2v) is 7.44. The molecule has 21 heavy (non-hydrogen) atoms. The van der Waals surface area contributed by atoms with E-state index in [4.69, 9.17) is 11.6 Å². The minimum atomic E-state index is -0.258. The van der Waals surface area contributed by atoms with Crippen LogP contribution < -0.4 is 0 Å². The summed E-state index contributed by atoms with van der Waals surface area (Å²) >= 11 is 7.50. The van der Waals surface area contributed by atoms with Crippen LogP contribution in [0, 0.1) is 0 Å². The Balaban J connectivity index is 1.85. The predicted molar refractivity (Wildman–Crippen MR) is 83.4 cm³/mol. The molecule has 0 radical (unpaired) electrons. The standard InChI is InChI=1S/C15H19ClN2O2S/c1-10(12-5-6-13(16)21-12)17-9-7-14(19)18-8-3-2-4-11(18)15(17)20/h5-6,10-11H,2-4,7-9H2,1H3. The van der Waals surface area contributed by atoms with Crippen LogP contribution in [0.4, 0.5) is 0 Å². The van der Waals surface area contributed by atoms with Crippen molar-refractivity contribution in [1.29, 1.82) is 0 Å². The van der Waals surface area contributed by atoms with Crippen LogP contribution in [-0.2, 0) is 9.59 Å². The van der Waals surface area contributed by atoms with E-state index in [1.54, 1.807) is 4.90 Å². The maximum atomic E-state index is 12.9. The van der Waals surface area contributed by atoms with Gasteiger partial charge in [-0.3, -0.25) is 9.59 Å². The average molecular weight is 327 g/mol. The van der Waals surface area contributed by atoms with Gasteiger partial charge in [-0.2, -0.15) is 0 Å². The third-order valence-electron chi connectivity index (χ3n) is 4.43. The maximum Gasteiger partial charge on any atom is 0.245 e. The molecule has 1 aromatic heterocycles. The summed E-state index contributed by atoms with van der Waals surface area (Å²) in [5, 5.41) is 0. The quantitative estimate of drug-likeness (QED) is 0.838. The van der Waals surface area contributed by atoms with Crippen LogP contribution in [0.15, 0.2) is 12.1 Å². The van der Waals surface area contributed by atoms with E-state index in [-0.39, 0.29) is 23.9 Å². The van der Waals surface area contributed by atoms with Crippen molar-refractivity contribution in [3.63, 3.8) is 0 Å². The summed E-state index contributed by atoms with van der Waals surface area (Å²) in [6, 6.07) is 3.55. The molecule has 6 heteroatoms. The Morgan fingerprint density at radius 3 is 2.81 bits per heavy atom. The van der Waals surface area contributed by atoms with E-state index in [1.165, 1.54) is 11.3 Å². The molecule has 0 saturated carbocycles. The zero-order valence-corrected chi connectivity index (χ0v) is 13.6. The Bertz CT molecular complexity index is 560. The Morgan fingerprint density at radius 1 is 1.29 bits per heavy atom. The SMILES string of the molecule is CC(c1ccc(Cl)s1)N1CCC(=O)N2CCCCC2C1=O. The highest BCUT2D eigenvalue weighted by Gasteiger charge is 2.39. The summed E-state index contributed by atoms with van der Waals surface area (Å²) in [5.74, 6) is 0.213. The molecular formula is C15H19ClN2O2S. The molecule has 2 aliphatic rings. The minimum Gasteiger partial charge on any atom is -0.333 e. The number of carbonyl (C=O) groups excluding carboxylic acids is 2. The van der Waals surface area contributed by atoms with E-state index in [1.807, 2.05) is 24.0 Å². The summed E-state index contributed by atoms with van der Waals surface area (Å²) in [7, 11) is 0. The molecule has 2 atom stereocenters. The van der Waals surface area contributed by atoms with Crippen molar-refractivity contribution in [3.05, 3.63) is 21.3 Å². The Hall–Kier alpha value is -1.07. The van der Waals surface area contributed by atoms with E-state index in [2.05, 4.69) is 0 Å². The van der Waals surface area contributed by atoms with Crippen molar-refractivity contribution in [2.45, 2.75) is 44.7 Å². The Labute approximate surface area is 133 Å². The van der Waals surface area contributed by atoms with Crippen molar-refractivity contribution >= 4 is 34.8 Å². The van der Waals surface area contributed by atoms with Crippen LogP contribution in [0.5, 0.6) is 0 Å². The van der Waals surface area contributed by atoms with Crippen molar-refractivity contribution in [2.24, 2.45) is 0 Å². The second-order valence-electron chi connectivity index (χ2n) is 5.70. The lowest BCUT2D eigenvalue weighted by molar-refractivity contribution is -0.144. The molecule has 4 nitrogen and oxygen atoms in total. The molecule has 0 spiro atoms. The van der Waals surface area contributed by atoms with Gasteiger partial charge in [0.05, 0.1) is 10.4 Å². The number of hydrogen-bond donors (Lipinski definition) is 0. The third kappa shape index (κ3) is 2.81. The summed E-state index contributed by atoms with van der Waals surface area (Å²) in [5.41, 5.74) is 0. The van der Waals surface area contributed by atoms with E-state index < -0.39 is 0 Å². The zero-order valence-electron chi connectivity index (χ0n) is 12.0. The number of fused-ring (bicyclic) bond motifs is 1. The van der Waals surface area contributed by atoms with Crippen LogP contribution in [-0.4, -0.2) is 40.7 Å². The second kappa shape index (κ2) is 5.97. The molecule has 0 N–H and O–H groups in total. The largest absolute Gasteiger partial charge is 0.333 e. The van der Waals surface area contributed by atoms with Crippen LogP contribution in [0.1, 0.15) is 43.5 Å². The van der Waals surface area contributed by atoms with Crippen molar-refractivity contribution in [2.75, 3.05) is 13.1 Å². The van der Waals surface area contributed by atoms with Gasteiger partial charge < -0.3 is 9.80 Å². The maximum absolute atomic E-state index is 12.9. The monoisotopic (exact) mass is 326 g/mol. The van der Waals surface area contributed by atoms with Gasteiger partial charge in [-0.25, -0.2) is 0 Å². The van der Waals surface area contributed by atoms with Gasteiger partial charge in [-0.15, -0.1) is 11.3 Å². The lowest BCUT2D eigenvalue weighted by Crippen LogP contribution is -2.50. The normalized spacial score (nSPS) is 24.8. The summed E-state index contributed by atoms with van der Waals surface area (Å²) < 4.78 is 0.731. The first-order chi connectivity index (χ1) is 10.1. The van der Waals surface area contributed by atoms with Gasteiger partial charge >= 0.3 is 0 Å². The summed E-state index contributed by atoms with van der Waals surface area (Å²) in [6.07, 6.45) is 3.24. The van der Waals surface area contributed by atoms with Gasteiger partial charge in [0, 0.05) is 24.4 Å². The first kappa shape index (κ1) is 14.9. The molecule has 3 heterocycles. The molecular weight excluding hydrogens is 308 g/mol. The highest BCUT2D eigenvalue weighted by atomic mass is 35.5. The molecule has 2 unspecified atom stereocenters. The number of thiophene rings is 1. The fourth-order valence-electron chi connectivity index (χ4n) is 3.24. The van der Waals surface area contributed by atoms with Crippen LogP contribution in [0.3, 0.4) is 0 Å². The Kier molecular flexibility index (Phi) is 4.22. The van der Waals surface area contributed by atoms with Crippen molar-refractivity contribution < 1.29 is 9.59 Å². The molecule has 0 bridgehead atoms. The molecule has 114 valence electrons. The number of rotatable bonds is 2. The predicted octanol–water partition coefficient (Wildman–Crippen LogP) is 3.08. The number of nitrogens with zero attached hydrogens (tertiary/aromatic N) is 2. The minimum absolute atomic E-state index is 0.0234. The Morgan fingerprint density at radius 2 is 2.10 bits per heavy atom. The molecule has 2 fully saturated rings. The average Bonchev–Trinajstić information content (AvgIpc) is 2.88. The number of halogens is 1. The fraction of sp³-hybridized carbons (Fsp3) is 0.600. The number of carbonyl (C=O) groups is 2. The first-order valence-corrected chi connectivity index (χ1v) is 8.62. The van der Waals surface area contributed by atoms with E-state index >= 15 is 0 Å². The number of hydrogen-bond acceptors (Lipinski definition) is 3. The van der Waals surface area contributed by atoms with Crippen molar-refractivity contribution in [1.82, 2.24) is 9.80 Å². The third-order valence-corrected chi connectivity index (χ3v) is 5.83. The number of amides is 2. The lowest BCUT2D eigenvalue weighted by Gasteiger charge is -2.35. The smallest absolute Gasteiger partial charge is 0.245 e. The summed E-state index contributed by atoms with van der Waals surface area (Å²) in [6.45, 7) is 3.24. The van der Waals surface area contributed by atoms with Gasteiger partial charge in [0.2, 0.25) is 11.8 Å². The van der Waals surface area contributed by atoms with E-state index in [9.17, 15) is 9.59 Å². The van der Waals surface area contributed by atoms with Gasteiger partial charge in [-0.05, 0) is 38.3 Å². The van der Waals surface area contributed by atoms with Crippen LogP contribution in [0.2, 0.25) is 4.34 Å². The molecule has 3 rings (SSSR count). The molecule has 2 saturated heterocycles. The molecule has 0 aromatic carbocycles. The molecule has 1 aromatic rings. The lowest BCUT2D eigenvalue weighted by atomic mass is 10.0. The summed E-state index contributed by atoms with van der Waals surface area (Å²) in [4.78, 5) is 29.8. The van der Waals surface area contributed by atoms with Gasteiger partial charge in [0.25, 0.3) is 0 Å². The first-order valence-electron chi connectivity index (χ1n) is 7.43.